The van der Waals surface area contributed by atoms with E-state index >= 15 is 0 Å². The van der Waals surface area contributed by atoms with Gasteiger partial charge in [0.25, 0.3) is 10.0 Å². The zero-order valence-corrected chi connectivity index (χ0v) is 15.1. The van der Waals surface area contributed by atoms with Gasteiger partial charge in [0.1, 0.15) is 4.90 Å². The highest BCUT2D eigenvalue weighted by atomic mass is 35.5. The number of hydrogen-bond donors (Lipinski definition) is 1. The molecule has 0 aliphatic heterocycles. The van der Waals surface area contributed by atoms with Crippen LogP contribution in [-0.4, -0.2) is 13.4 Å². The summed E-state index contributed by atoms with van der Waals surface area (Å²) in [5.74, 6) is 0. The molecule has 1 heterocycles. The minimum atomic E-state index is -3.87. The van der Waals surface area contributed by atoms with Gasteiger partial charge in [0.2, 0.25) is 0 Å². The molecule has 0 bridgehead atoms. The van der Waals surface area contributed by atoms with Crippen LogP contribution in [-0.2, 0) is 10.0 Å². The molecule has 0 amide bonds. The highest BCUT2D eigenvalue weighted by Gasteiger charge is 2.21. The summed E-state index contributed by atoms with van der Waals surface area (Å²) in [7, 11) is -3.87. The molecule has 118 valence electrons. The van der Waals surface area contributed by atoms with Gasteiger partial charge in [-0.15, -0.1) is 0 Å². The van der Waals surface area contributed by atoms with Crippen LogP contribution in [0.15, 0.2) is 23.1 Å². The van der Waals surface area contributed by atoms with Crippen molar-refractivity contribution in [1.29, 1.82) is 0 Å². The van der Waals surface area contributed by atoms with Gasteiger partial charge in [0, 0.05) is 5.02 Å². The van der Waals surface area contributed by atoms with Crippen LogP contribution in [0.4, 0.5) is 5.69 Å². The van der Waals surface area contributed by atoms with E-state index < -0.39 is 10.0 Å². The van der Waals surface area contributed by atoms with Crippen molar-refractivity contribution in [2.75, 3.05) is 4.72 Å². The lowest BCUT2D eigenvalue weighted by atomic mass is 10.2. The van der Waals surface area contributed by atoms with E-state index in [1.54, 1.807) is 20.8 Å². The van der Waals surface area contributed by atoms with Crippen LogP contribution in [0.2, 0.25) is 15.1 Å². The third-order valence-electron chi connectivity index (χ3n) is 3.09. The molecule has 22 heavy (non-hydrogen) atoms. The Morgan fingerprint density at radius 3 is 2.18 bits per heavy atom. The topological polar surface area (TPSA) is 59.1 Å². The maximum atomic E-state index is 12.5. The molecule has 0 saturated heterocycles. The fraction of sp³-hybridized carbons (Fsp3) is 0.214. The largest absolute Gasteiger partial charge is 0.278 e. The molecule has 0 radical (unpaired) electrons. The highest BCUT2D eigenvalue weighted by Crippen LogP contribution is 2.30. The molecular weight excluding hydrogens is 367 g/mol. The number of benzene rings is 1. The Morgan fingerprint density at radius 2 is 1.55 bits per heavy atom. The third-order valence-corrected chi connectivity index (χ3v) is 5.71. The Morgan fingerprint density at radius 1 is 0.909 bits per heavy atom. The number of hydrogen-bond acceptors (Lipinski definition) is 3. The first-order valence-electron chi connectivity index (χ1n) is 6.24. The van der Waals surface area contributed by atoms with Crippen LogP contribution >= 0.6 is 34.8 Å². The summed E-state index contributed by atoms with van der Waals surface area (Å²) in [4.78, 5) is 4.14. The minimum absolute atomic E-state index is 0.0481. The predicted molar refractivity (Wildman–Crippen MR) is 90.7 cm³/mol. The van der Waals surface area contributed by atoms with Gasteiger partial charge in [-0.25, -0.2) is 8.42 Å². The first-order valence-corrected chi connectivity index (χ1v) is 8.85. The number of nitrogens with one attached hydrogen (secondary N) is 1. The number of aromatic nitrogens is 1. The molecular formula is C14H13Cl3N2O2S. The van der Waals surface area contributed by atoms with E-state index in [2.05, 4.69) is 9.71 Å². The second kappa shape index (κ2) is 6.24. The van der Waals surface area contributed by atoms with Crippen LogP contribution in [0, 0.1) is 20.8 Å². The van der Waals surface area contributed by atoms with Crippen molar-refractivity contribution >= 4 is 50.5 Å². The van der Waals surface area contributed by atoms with E-state index in [9.17, 15) is 8.42 Å². The van der Waals surface area contributed by atoms with Crippen molar-refractivity contribution < 1.29 is 8.42 Å². The molecule has 0 aliphatic carbocycles. The first kappa shape index (κ1) is 17.3. The van der Waals surface area contributed by atoms with E-state index in [1.165, 1.54) is 18.2 Å². The van der Waals surface area contributed by atoms with E-state index in [0.717, 1.165) is 0 Å². The first-order chi connectivity index (χ1) is 10.1. The van der Waals surface area contributed by atoms with Crippen molar-refractivity contribution in [3.63, 3.8) is 0 Å². The summed E-state index contributed by atoms with van der Waals surface area (Å²) in [5, 5.41) is 0.828. The van der Waals surface area contributed by atoms with E-state index in [4.69, 9.17) is 34.8 Å². The molecule has 0 aliphatic rings. The van der Waals surface area contributed by atoms with Crippen molar-refractivity contribution in [3.8, 4) is 0 Å². The van der Waals surface area contributed by atoms with E-state index in [1.807, 2.05) is 0 Å². The Balaban J connectivity index is 2.49. The lowest BCUT2D eigenvalue weighted by Gasteiger charge is -2.13. The number of pyridine rings is 1. The van der Waals surface area contributed by atoms with Gasteiger partial charge in [-0.1, -0.05) is 34.8 Å². The lowest BCUT2D eigenvalue weighted by molar-refractivity contribution is 0.601. The molecule has 0 spiro atoms. The van der Waals surface area contributed by atoms with Gasteiger partial charge in [-0.3, -0.25) is 9.71 Å². The number of anilines is 1. The van der Waals surface area contributed by atoms with Gasteiger partial charge in [-0.2, -0.15) is 0 Å². The Kier molecular flexibility index (Phi) is 4.92. The smallest absolute Gasteiger partial charge is 0.263 e. The zero-order chi connectivity index (χ0) is 16.7. The van der Waals surface area contributed by atoms with Crippen LogP contribution in [0.1, 0.15) is 17.0 Å². The maximum absolute atomic E-state index is 12.5. The maximum Gasteiger partial charge on any atom is 0.263 e. The quantitative estimate of drug-likeness (QED) is 0.835. The predicted octanol–water partition coefficient (Wildman–Crippen LogP) is 4.77. The van der Waals surface area contributed by atoms with Crippen LogP contribution in [0.25, 0.3) is 0 Å². The number of nitrogens with zero attached hydrogens (tertiary/aromatic N) is 1. The van der Waals surface area contributed by atoms with Crippen molar-refractivity contribution in [1.82, 2.24) is 4.98 Å². The number of halogens is 3. The Bertz CT molecular complexity index is 852. The summed E-state index contributed by atoms with van der Waals surface area (Å²) >= 11 is 17.9. The summed E-state index contributed by atoms with van der Waals surface area (Å²) < 4.78 is 27.5. The van der Waals surface area contributed by atoms with Crippen molar-refractivity contribution in [3.05, 3.63) is 50.2 Å². The second-order valence-electron chi connectivity index (χ2n) is 4.83. The van der Waals surface area contributed by atoms with Gasteiger partial charge in [0.05, 0.1) is 27.1 Å². The molecule has 0 unspecified atom stereocenters. The van der Waals surface area contributed by atoms with Crippen molar-refractivity contribution in [2.45, 2.75) is 25.7 Å². The molecule has 0 fully saturated rings. The molecule has 2 rings (SSSR count). The average molecular weight is 380 g/mol. The summed E-state index contributed by atoms with van der Waals surface area (Å²) in [5.41, 5.74) is 2.07. The highest BCUT2D eigenvalue weighted by molar-refractivity contribution is 7.92. The van der Waals surface area contributed by atoms with E-state index in [-0.39, 0.29) is 9.92 Å². The fourth-order valence-electron chi connectivity index (χ4n) is 1.84. The standard InChI is InChI=1S/C14H13Cl3N2O2S/c1-7-4-14(12(17)5-10(7)15)22(20,21)19-13-6-11(16)8(2)18-9(13)3/h4-6,19H,1-3H3. The zero-order valence-electron chi connectivity index (χ0n) is 12.0. The SMILES string of the molecule is Cc1cc(S(=O)(=O)Nc2cc(Cl)c(C)nc2C)c(Cl)cc1Cl. The third kappa shape index (κ3) is 3.49. The molecule has 1 N–H and O–H groups in total. The molecule has 0 saturated carbocycles. The van der Waals surface area contributed by atoms with Gasteiger partial charge in [-0.05, 0) is 44.5 Å². The molecule has 1 aromatic heterocycles. The van der Waals surface area contributed by atoms with E-state index in [0.29, 0.717) is 32.7 Å². The molecule has 2 aromatic rings. The van der Waals surface area contributed by atoms with Crippen LogP contribution < -0.4 is 4.72 Å². The Labute approximate surface area is 144 Å². The number of sulfonamides is 1. The minimum Gasteiger partial charge on any atom is -0.278 e. The molecule has 0 atom stereocenters. The summed E-state index contributed by atoms with van der Waals surface area (Å²) in [6.45, 7) is 5.14. The summed E-state index contributed by atoms with van der Waals surface area (Å²) in [6.07, 6.45) is 0. The van der Waals surface area contributed by atoms with Gasteiger partial charge >= 0.3 is 0 Å². The normalized spacial score (nSPS) is 11.5. The second-order valence-corrected chi connectivity index (χ2v) is 7.70. The van der Waals surface area contributed by atoms with Gasteiger partial charge in [0.15, 0.2) is 0 Å². The number of rotatable bonds is 3. The molecule has 4 nitrogen and oxygen atoms in total. The summed E-state index contributed by atoms with van der Waals surface area (Å²) in [6, 6.07) is 4.35. The van der Waals surface area contributed by atoms with Gasteiger partial charge < -0.3 is 0 Å². The number of aryl methyl sites for hydroxylation is 3. The Hall–Kier alpha value is -1.01. The monoisotopic (exact) mass is 378 g/mol. The average Bonchev–Trinajstić information content (AvgIpc) is 2.39. The van der Waals surface area contributed by atoms with Crippen LogP contribution in [0.3, 0.4) is 0 Å². The van der Waals surface area contributed by atoms with Crippen LogP contribution in [0.5, 0.6) is 0 Å². The fourth-order valence-corrected chi connectivity index (χ4v) is 3.93. The molecule has 8 heteroatoms. The lowest BCUT2D eigenvalue weighted by Crippen LogP contribution is -2.15. The molecule has 1 aromatic carbocycles. The van der Waals surface area contributed by atoms with Crippen molar-refractivity contribution in [2.24, 2.45) is 0 Å².